The van der Waals surface area contributed by atoms with Gasteiger partial charge in [0.25, 0.3) is 0 Å². The number of nitrogens with one attached hydrogen (secondary N) is 1. The third kappa shape index (κ3) is 2.84. The predicted octanol–water partition coefficient (Wildman–Crippen LogP) is 3.13. The van der Waals surface area contributed by atoms with E-state index in [2.05, 4.69) is 35.8 Å². The Morgan fingerprint density at radius 1 is 1.26 bits per heavy atom. The maximum Gasteiger partial charge on any atom is 0.0335 e. The number of nitrogens with zero attached hydrogens (tertiary/aromatic N) is 1. The molecule has 1 atom stereocenters. The molecule has 3 rings (SSSR count). The molecule has 1 saturated heterocycles. The molecule has 2 saturated carbocycles. The molecule has 1 unspecified atom stereocenters. The molecular formula is C16H30N2S. The van der Waals surface area contributed by atoms with E-state index in [-0.39, 0.29) is 0 Å². The lowest BCUT2D eigenvalue weighted by Crippen LogP contribution is -2.69. The molecule has 19 heavy (non-hydrogen) atoms. The Bertz CT molecular complexity index is 310. The van der Waals surface area contributed by atoms with Gasteiger partial charge in [-0.25, -0.2) is 0 Å². The van der Waals surface area contributed by atoms with Crippen molar-refractivity contribution in [1.29, 1.82) is 0 Å². The molecule has 2 nitrogen and oxygen atoms in total. The van der Waals surface area contributed by atoms with Crippen molar-refractivity contribution >= 4 is 11.8 Å². The van der Waals surface area contributed by atoms with Gasteiger partial charge in [0, 0.05) is 36.5 Å². The first-order valence-electron chi connectivity index (χ1n) is 8.26. The van der Waals surface area contributed by atoms with E-state index in [9.17, 15) is 0 Å². The molecule has 1 N–H and O–H groups in total. The highest BCUT2D eigenvalue weighted by molar-refractivity contribution is 7.99. The fraction of sp³-hybridized carbons (Fsp3) is 1.00. The maximum absolute atomic E-state index is 3.98. The average Bonchev–Trinajstić information content (AvgIpc) is 3.17. The van der Waals surface area contributed by atoms with Crippen LogP contribution in [0.3, 0.4) is 0 Å². The zero-order valence-electron chi connectivity index (χ0n) is 12.7. The van der Waals surface area contributed by atoms with Crippen molar-refractivity contribution in [3.63, 3.8) is 0 Å². The number of hydrogen-bond donors (Lipinski definition) is 1. The zero-order chi connectivity index (χ0) is 13.3. The normalized spacial score (nSPS) is 35.1. The standard InChI is InChI=1S/C16H30N2S/c1-3-19-11-10-18-13-16(8-4-5-9-16)17-12-15(18,2)14-6-7-14/h14,17H,3-13H2,1-2H3. The minimum Gasteiger partial charge on any atom is -0.308 e. The van der Waals surface area contributed by atoms with E-state index in [1.165, 1.54) is 69.7 Å². The molecule has 1 aliphatic heterocycles. The molecule has 0 aromatic carbocycles. The molecule has 1 heterocycles. The molecule has 110 valence electrons. The summed E-state index contributed by atoms with van der Waals surface area (Å²) in [6.45, 7) is 8.64. The zero-order valence-corrected chi connectivity index (χ0v) is 13.5. The summed E-state index contributed by atoms with van der Waals surface area (Å²) in [6.07, 6.45) is 8.61. The highest BCUT2D eigenvalue weighted by Crippen LogP contribution is 2.46. The van der Waals surface area contributed by atoms with Crippen molar-refractivity contribution in [2.75, 3.05) is 31.1 Å². The van der Waals surface area contributed by atoms with Gasteiger partial charge in [0.1, 0.15) is 0 Å². The van der Waals surface area contributed by atoms with E-state index >= 15 is 0 Å². The number of rotatable bonds is 5. The minimum absolute atomic E-state index is 0.447. The Morgan fingerprint density at radius 3 is 2.63 bits per heavy atom. The van der Waals surface area contributed by atoms with Gasteiger partial charge in [0.05, 0.1) is 0 Å². The summed E-state index contributed by atoms with van der Waals surface area (Å²) < 4.78 is 0. The molecule has 0 bridgehead atoms. The first-order chi connectivity index (χ1) is 9.19. The van der Waals surface area contributed by atoms with Crippen LogP contribution >= 0.6 is 11.8 Å². The molecule has 3 heteroatoms. The molecule has 0 aromatic rings. The third-order valence-corrected chi connectivity index (χ3v) is 6.64. The van der Waals surface area contributed by atoms with Crippen molar-refractivity contribution in [2.24, 2.45) is 5.92 Å². The molecule has 3 aliphatic rings. The quantitative estimate of drug-likeness (QED) is 0.780. The SMILES string of the molecule is CCSCCN1CC2(CCCC2)NCC1(C)C1CC1. The van der Waals surface area contributed by atoms with Crippen LogP contribution in [-0.4, -0.2) is 47.1 Å². The highest BCUT2D eigenvalue weighted by atomic mass is 32.2. The number of piperazine rings is 1. The van der Waals surface area contributed by atoms with Crippen LogP contribution in [0.15, 0.2) is 0 Å². The second-order valence-corrected chi connectivity index (χ2v) is 8.48. The van der Waals surface area contributed by atoms with Crippen LogP contribution < -0.4 is 5.32 Å². The molecule has 2 aliphatic carbocycles. The van der Waals surface area contributed by atoms with E-state index in [0.29, 0.717) is 11.1 Å². The summed E-state index contributed by atoms with van der Waals surface area (Å²) in [5.41, 5.74) is 0.924. The van der Waals surface area contributed by atoms with Crippen LogP contribution in [0, 0.1) is 5.92 Å². The monoisotopic (exact) mass is 282 g/mol. The van der Waals surface area contributed by atoms with E-state index in [4.69, 9.17) is 0 Å². The van der Waals surface area contributed by atoms with E-state index in [1.54, 1.807) is 0 Å². The fourth-order valence-electron chi connectivity index (χ4n) is 4.23. The molecule has 1 spiro atoms. The van der Waals surface area contributed by atoms with Crippen molar-refractivity contribution in [3.8, 4) is 0 Å². The van der Waals surface area contributed by atoms with Gasteiger partial charge in [-0.05, 0) is 44.3 Å². The van der Waals surface area contributed by atoms with Crippen molar-refractivity contribution < 1.29 is 0 Å². The van der Waals surface area contributed by atoms with Gasteiger partial charge in [-0.2, -0.15) is 11.8 Å². The number of hydrogen-bond acceptors (Lipinski definition) is 3. The highest BCUT2D eigenvalue weighted by Gasteiger charge is 2.52. The Balaban J connectivity index is 1.68. The van der Waals surface area contributed by atoms with Crippen LogP contribution in [-0.2, 0) is 0 Å². The van der Waals surface area contributed by atoms with Gasteiger partial charge in [0.2, 0.25) is 0 Å². The van der Waals surface area contributed by atoms with Gasteiger partial charge >= 0.3 is 0 Å². The lowest BCUT2D eigenvalue weighted by atomic mass is 9.83. The Morgan fingerprint density at radius 2 is 2.00 bits per heavy atom. The third-order valence-electron chi connectivity index (χ3n) is 5.76. The summed E-state index contributed by atoms with van der Waals surface area (Å²) in [5, 5.41) is 3.98. The van der Waals surface area contributed by atoms with E-state index in [0.717, 1.165) is 5.92 Å². The predicted molar refractivity (Wildman–Crippen MR) is 84.9 cm³/mol. The molecule has 0 aromatic heterocycles. The molecule has 0 radical (unpaired) electrons. The molecular weight excluding hydrogens is 252 g/mol. The van der Waals surface area contributed by atoms with Crippen molar-refractivity contribution in [3.05, 3.63) is 0 Å². The van der Waals surface area contributed by atoms with Gasteiger partial charge in [0.15, 0.2) is 0 Å². The van der Waals surface area contributed by atoms with Crippen LogP contribution in [0.2, 0.25) is 0 Å². The summed E-state index contributed by atoms with van der Waals surface area (Å²) in [5.74, 6) is 3.54. The van der Waals surface area contributed by atoms with Crippen LogP contribution in [0.5, 0.6) is 0 Å². The van der Waals surface area contributed by atoms with Crippen LogP contribution in [0.25, 0.3) is 0 Å². The van der Waals surface area contributed by atoms with Gasteiger partial charge < -0.3 is 5.32 Å². The van der Waals surface area contributed by atoms with Gasteiger partial charge in [-0.1, -0.05) is 19.8 Å². The Labute approximate surface area is 123 Å². The summed E-state index contributed by atoms with van der Waals surface area (Å²) in [4.78, 5) is 2.87. The van der Waals surface area contributed by atoms with Crippen LogP contribution in [0.1, 0.15) is 52.4 Å². The van der Waals surface area contributed by atoms with E-state index < -0.39 is 0 Å². The first kappa shape index (κ1) is 14.2. The van der Waals surface area contributed by atoms with Gasteiger partial charge in [-0.3, -0.25) is 4.90 Å². The summed E-state index contributed by atoms with van der Waals surface area (Å²) in [7, 11) is 0. The first-order valence-corrected chi connectivity index (χ1v) is 9.42. The summed E-state index contributed by atoms with van der Waals surface area (Å²) in [6, 6.07) is 0. The topological polar surface area (TPSA) is 15.3 Å². The molecule has 0 amide bonds. The largest absolute Gasteiger partial charge is 0.308 e. The minimum atomic E-state index is 0.447. The second kappa shape index (κ2) is 5.57. The lowest BCUT2D eigenvalue weighted by Gasteiger charge is -2.53. The Hall–Kier alpha value is 0.270. The smallest absolute Gasteiger partial charge is 0.0335 e. The molecule has 3 fully saturated rings. The van der Waals surface area contributed by atoms with Crippen molar-refractivity contribution in [1.82, 2.24) is 10.2 Å². The maximum atomic E-state index is 3.98. The lowest BCUT2D eigenvalue weighted by molar-refractivity contribution is 0.00770. The van der Waals surface area contributed by atoms with Gasteiger partial charge in [-0.15, -0.1) is 0 Å². The Kier molecular flexibility index (Phi) is 4.17. The average molecular weight is 282 g/mol. The summed E-state index contributed by atoms with van der Waals surface area (Å²) >= 11 is 2.10. The van der Waals surface area contributed by atoms with E-state index in [1.807, 2.05) is 0 Å². The van der Waals surface area contributed by atoms with Crippen molar-refractivity contribution in [2.45, 2.75) is 63.5 Å². The fourth-order valence-corrected chi connectivity index (χ4v) is 4.87. The number of thioether (sulfide) groups is 1. The van der Waals surface area contributed by atoms with Crippen LogP contribution in [0.4, 0.5) is 0 Å². The second-order valence-electron chi connectivity index (χ2n) is 7.09.